The average Bonchev–Trinajstić information content (AvgIpc) is 3.14. The van der Waals surface area contributed by atoms with E-state index < -0.39 is 10.0 Å². The van der Waals surface area contributed by atoms with Crippen molar-refractivity contribution in [2.24, 2.45) is 5.73 Å². The van der Waals surface area contributed by atoms with Crippen molar-refractivity contribution in [1.29, 1.82) is 0 Å². The van der Waals surface area contributed by atoms with Gasteiger partial charge in [0.1, 0.15) is 0 Å². The van der Waals surface area contributed by atoms with Crippen LogP contribution >= 0.6 is 12.4 Å². The van der Waals surface area contributed by atoms with Crippen molar-refractivity contribution in [3.63, 3.8) is 0 Å². The molecule has 1 aromatic carbocycles. The number of amides is 1. The number of sulfonamides is 1. The second-order valence-corrected chi connectivity index (χ2v) is 8.45. The molecular weight excluding hydrogens is 350 g/mol. The number of nitrogens with zero attached hydrogens (tertiary/aromatic N) is 1. The molecule has 24 heavy (non-hydrogen) atoms. The minimum absolute atomic E-state index is 0. The first-order valence-electron chi connectivity index (χ1n) is 8.09. The van der Waals surface area contributed by atoms with Crippen molar-refractivity contribution in [3.05, 3.63) is 29.8 Å². The van der Waals surface area contributed by atoms with Gasteiger partial charge in [0, 0.05) is 18.7 Å². The number of rotatable bonds is 4. The van der Waals surface area contributed by atoms with Crippen LogP contribution in [0.5, 0.6) is 0 Å². The van der Waals surface area contributed by atoms with Gasteiger partial charge in [-0.25, -0.2) is 8.42 Å². The maximum Gasteiger partial charge on any atom is 0.251 e. The maximum atomic E-state index is 12.6. The van der Waals surface area contributed by atoms with Crippen molar-refractivity contribution >= 4 is 34.0 Å². The van der Waals surface area contributed by atoms with Crippen molar-refractivity contribution in [1.82, 2.24) is 5.32 Å². The molecule has 1 saturated carbocycles. The summed E-state index contributed by atoms with van der Waals surface area (Å²) in [4.78, 5) is 12.6. The van der Waals surface area contributed by atoms with E-state index in [9.17, 15) is 13.2 Å². The predicted molar refractivity (Wildman–Crippen MR) is 97.2 cm³/mol. The number of nitrogens with two attached hydrogens (primary N) is 1. The van der Waals surface area contributed by atoms with E-state index in [4.69, 9.17) is 5.73 Å². The summed E-state index contributed by atoms with van der Waals surface area (Å²) in [7, 11) is -3.24. The van der Waals surface area contributed by atoms with E-state index in [0.717, 1.165) is 25.7 Å². The lowest BCUT2D eigenvalue weighted by Gasteiger charge is -2.29. The smallest absolute Gasteiger partial charge is 0.251 e. The van der Waals surface area contributed by atoms with Gasteiger partial charge in [-0.15, -0.1) is 12.4 Å². The van der Waals surface area contributed by atoms with E-state index in [1.54, 1.807) is 24.3 Å². The van der Waals surface area contributed by atoms with Gasteiger partial charge >= 0.3 is 0 Å². The first-order chi connectivity index (χ1) is 11.0. The maximum absolute atomic E-state index is 12.6. The Balaban J connectivity index is 0.00000208. The first kappa shape index (κ1) is 19.0. The molecule has 3 rings (SSSR count). The number of halogens is 1. The monoisotopic (exact) mass is 373 g/mol. The van der Waals surface area contributed by atoms with E-state index in [-0.39, 0.29) is 29.6 Å². The Labute approximate surface area is 149 Å². The van der Waals surface area contributed by atoms with Crippen LogP contribution in [0.2, 0.25) is 0 Å². The molecule has 134 valence electrons. The second kappa shape index (κ2) is 7.29. The van der Waals surface area contributed by atoms with Gasteiger partial charge in [-0.05, 0) is 37.5 Å². The molecule has 0 spiro atoms. The summed E-state index contributed by atoms with van der Waals surface area (Å²) < 4.78 is 25.4. The predicted octanol–water partition coefficient (Wildman–Crippen LogP) is 1.65. The van der Waals surface area contributed by atoms with Crippen LogP contribution in [0.3, 0.4) is 0 Å². The third-order valence-electron chi connectivity index (χ3n) is 4.83. The highest BCUT2D eigenvalue weighted by Crippen LogP contribution is 2.29. The van der Waals surface area contributed by atoms with E-state index in [1.807, 2.05) is 0 Å². The van der Waals surface area contributed by atoms with Gasteiger partial charge in [0.2, 0.25) is 10.0 Å². The number of carbonyl (C=O) groups excluding carboxylic acids is 1. The van der Waals surface area contributed by atoms with Gasteiger partial charge in [-0.2, -0.15) is 0 Å². The molecule has 1 aliphatic carbocycles. The van der Waals surface area contributed by atoms with Gasteiger partial charge < -0.3 is 11.1 Å². The highest BCUT2D eigenvalue weighted by atomic mass is 35.5. The summed E-state index contributed by atoms with van der Waals surface area (Å²) >= 11 is 0. The third-order valence-corrected chi connectivity index (χ3v) is 6.70. The quantitative estimate of drug-likeness (QED) is 0.839. The largest absolute Gasteiger partial charge is 0.345 e. The number of hydrogen-bond donors (Lipinski definition) is 2. The summed E-state index contributed by atoms with van der Waals surface area (Å²) in [6, 6.07) is 6.81. The molecule has 8 heteroatoms. The number of carbonyl (C=O) groups is 1. The number of nitrogens with one attached hydrogen (secondary N) is 1. The molecule has 1 amide bonds. The zero-order chi connectivity index (χ0) is 16.5. The van der Waals surface area contributed by atoms with Crippen LogP contribution in [-0.2, 0) is 10.0 Å². The molecule has 0 unspecified atom stereocenters. The molecule has 2 aliphatic rings. The van der Waals surface area contributed by atoms with Crippen LogP contribution in [0, 0.1) is 0 Å². The Hall–Kier alpha value is -1.31. The van der Waals surface area contributed by atoms with Gasteiger partial charge in [0.15, 0.2) is 0 Å². The number of benzene rings is 1. The van der Waals surface area contributed by atoms with E-state index in [1.165, 1.54) is 4.31 Å². The molecule has 0 radical (unpaired) electrons. The second-order valence-electron chi connectivity index (χ2n) is 6.44. The molecule has 3 N–H and O–H groups in total. The minimum atomic E-state index is -3.24. The lowest BCUT2D eigenvalue weighted by atomic mass is 9.97. The average molecular weight is 374 g/mol. The molecule has 1 aromatic rings. The van der Waals surface area contributed by atoms with E-state index in [0.29, 0.717) is 30.8 Å². The van der Waals surface area contributed by atoms with Crippen LogP contribution in [0.1, 0.15) is 42.5 Å². The summed E-state index contributed by atoms with van der Waals surface area (Å²) in [6.45, 7) is 0.902. The molecule has 1 heterocycles. The number of hydrogen-bond acceptors (Lipinski definition) is 4. The SMILES string of the molecule is Cl.NCC1(NC(=O)c2cccc(N3CCCS3(=O)=O)c2)CCCC1. The fourth-order valence-corrected chi connectivity index (χ4v) is 5.03. The van der Waals surface area contributed by atoms with E-state index >= 15 is 0 Å². The molecule has 6 nitrogen and oxygen atoms in total. The summed E-state index contributed by atoms with van der Waals surface area (Å²) in [6.07, 6.45) is 4.56. The van der Waals surface area contributed by atoms with Gasteiger partial charge in [0.25, 0.3) is 5.91 Å². The molecule has 1 saturated heterocycles. The molecule has 0 aromatic heterocycles. The normalized spacial score (nSPS) is 21.3. The molecule has 2 fully saturated rings. The minimum Gasteiger partial charge on any atom is -0.345 e. The Bertz CT molecular complexity index is 702. The molecule has 0 atom stereocenters. The van der Waals surface area contributed by atoms with Crippen LogP contribution in [0.15, 0.2) is 24.3 Å². The highest BCUT2D eigenvalue weighted by Gasteiger charge is 2.34. The fourth-order valence-electron chi connectivity index (χ4n) is 3.48. The molecule has 0 bridgehead atoms. The Kier molecular flexibility index (Phi) is 5.78. The van der Waals surface area contributed by atoms with Crippen molar-refractivity contribution < 1.29 is 13.2 Å². The van der Waals surface area contributed by atoms with Gasteiger partial charge in [0.05, 0.1) is 17.0 Å². The van der Waals surface area contributed by atoms with Gasteiger partial charge in [-0.1, -0.05) is 18.9 Å². The molecule has 1 aliphatic heterocycles. The first-order valence-corrected chi connectivity index (χ1v) is 9.70. The lowest BCUT2D eigenvalue weighted by molar-refractivity contribution is 0.0903. The van der Waals surface area contributed by atoms with Crippen molar-refractivity contribution in [2.75, 3.05) is 23.1 Å². The van der Waals surface area contributed by atoms with E-state index in [2.05, 4.69) is 5.32 Å². The topological polar surface area (TPSA) is 92.5 Å². The van der Waals surface area contributed by atoms with Crippen molar-refractivity contribution in [3.8, 4) is 0 Å². The summed E-state index contributed by atoms with van der Waals surface area (Å²) in [5.41, 5.74) is 6.58. The van der Waals surface area contributed by atoms with Crippen LogP contribution in [-0.4, -0.2) is 38.7 Å². The summed E-state index contributed by atoms with van der Waals surface area (Å²) in [5.74, 6) is -0.0181. The standard InChI is InChI=1S/C16H23N3O3S.ClH/c17-12-16(7-1-2-8-16)18-15(20)13-5-3-6-14(11-13)19-9-4-10-23(19,21)22;/h3,5-6,11H,1-2,4,7-10,12,17H2,(H,18,20);1H. The Morgan fingerprint density at radius 1 is 1.25 bits per heavy atom. The third kappa shape index (κ3) is 3.68. The zero-order valence-corrected chi connectivity index (χ0v) is 15.2. The van der Waals surface area contributed by atoms with Crippen LogP contribution in [0.4, 0.5) is 5.69 Å². The molecular formula is C16H24ClN3O3S. The Morgan fingerprint density at radius 3 is 2.54 bits per heavy atom. The van der Waals surface area contributed by atoms with Crippen LogP contribution < -0.4 is 15.4 Å². The fraction of sp³-hybridized carbons (Fsp3) is 0.562. The highest BCUT2D eigenvalue weighted by molar-refractivity contribution is 7.93. The zero-order valence-electron chi connectivity index (χ0n) is 13.5. The summed E-state index contributed by atoms with van der Waals surface area (Å²) in [5, 5.41) is 3.06. The number of anilines is 1. The van der Waals surface area contributed by atoms with Gasteiger partial charge in [-0.3, -0.25) is 9.10 Å². The van der Waals surface area contributed by atoms with Crippen molar-refractivity contribution in [2.45, 2.75) is 37.6 Å². The van der Waals surface area contributed by atoms with Crippen LogP contribution in [0.25, 0.3) is 0 Å². The lowest BCUT2D eigenvalue weighted by Crippen LogP contribution is -2.51. The Morgan fingerprint density at radius 2 is 1.96 bits per heavy atom.